The van der Waals surface area contributed by atoms with Crippen LogP contribution < -0.4 is 22.7 Å². The molecule has 21 heteroatoms. The first-order chi connectivity index (χ1) is 36.3. The van der Waals surface area contributed by atoms with Gasteiger partial charge in [-0.25, -0.2) is 29.9 Å². The van der Waals surface area contributed by atoms with Crippen LogP contribution in [0, 0.1) is 23.7 Å². The maximum atomic E-state index is 6.13. The number of hydrogen-bond donors (Lipinski definition) is 3. The molecule has 0 radical (unpaired) electrons. The summed E-state index contributed by atoms with van der Waals surface area (Å²) in [6.07, 6.45) is 31.9. The molecule has 0 unspecified atom stereocenters. The quantitative estimate of drug-likeness (QED) is 0.0811. The van der Waals surface area contributed by atoms with Gasteiger partial charge in [-0.3, -0.25) is 14.0 Å². The van der Waals surface area contributed by atoms with Crippen molar-refractivity contribution in [3.63, 3.8) is 0 Å². The maximum absolute atomic E-state index is 6.13. The summed E-state index contributed by atoms with van der Waals surface area (Å²) in [4.78, 5) is 24.4. The smallest absolute Gasteiger partial charge is 0.399 e. The summed E-state index contributed by atoms with van der Waals surface area (Å²) in [5, 5.41) is 14.4. The van der Waals surface area contributed by atoms with Gasteiger partial charge in [0.15, 0.2) is 0 Å². The average molecular weight is 1120 g/mol. The van der Waals surface area contributed by atoms with Crippen LogP contribution >= 0.6 is 34.8 Å². The zero-order valence-electron chi connectivity index (χ0n) is 45.6. The Hall–Kier alpha value is -4.40. The van der Waals surface area contributed by atoms with Gasteiger partial charge in [-0.2, -0.15) is 15.3 Å². The van der Waals surface area contributed by atoms with Gasteiger partial charge in [-0.1, -0.05) is 42.2 Å². The standard InChI is InChI=1S/C19H27N5.C14H23BN2O2.C12H13ClN4.C6H14N2.C4H2Cl2N2.CH4/c1-24-19(9-14-2-3-14)17(11-23-24)18-10-16(21-12-22-18)8-13-4-6-15(20)7-5-13;1-13(2)14(3,4)19-15(18-13)11-9-16-17(5)12(11)8-10-6-7-10;1-17-11(4-8-2-3-8)9(6-16-17)10-5-12(13)15-7-14-10;7-5-1-2-6(8)4-3-5;5-3-1-4(6)8-2-7-3;/h10-15H,2-9,20H2,1H3;9-10H,6-8H2,1-5H3;5-8H,2-4H2,1H3;5-6H,1-4,7-8H2;1-2H;1H4. The van der Waals surface area contributed by atoms with E-state index in [9.17, 15) is 0 Å². The molecule has 0 atom stereocenters. The van der Waals surface area contributed by atoms with E-state index >= 15 is 0 Å². The van der Waals surface area contributed by atoms with Crippen LogP contribution in [-0.4, -0.2) is 95.7 Å². The molecular weight excluding hydrogens is 1030 g/mol. The third-order valence-electron chi connectivity index (χ3n) is 16.0. The molecule has 12 rings (SSSR count). The molecule has 0 bridgehead atoms. The maximum Gasteiger partial charge on any atom is 0.498 e. The highest BCUT2D eigenvalue weighted by molar-refractivity contribution is 6.62. The summed E-state index contributed by atoms with van der Waals surface area (Å²) in [5.74, 6) is 3.21. The molecule has 0 spiro atoms. The zero-order chi connectivity index (χ0) is 54.1. The fourth-order valence-corrected chi connectivity index (χ4v) is 10.3. The zero-order valence-corrected chi connectivity index (χ0v) is 47.9. The molecule has 7 heterocycles. The SMILES string of the molecule is C.Clc1cc(Cl)ncn1.Cn1ncc(-c2cc(CC3CCC(N)CC3)ncn2)c1CC1CC1.Cn1ncc(-c2cc(Cl)ncn2)c1CC1CC1.Cn1ncc(B2OC(C)(C)C(C)(C)O2)c1CC1CC1.NC1CCC(N)CC1. The Balaban J connectivity index is 0.000000147. The van der Waals surface area contributed by atoms with Crippen LogP contribution in [-0.2, 0) is 56.1 Å². The summed E-state index contributed by atoms with van der Waals surface area (Å²) >= 11 is 16.7. The second kappa shape index (κ2) is 27.2. The monoisotopic (exact) mass is 1110 g/mol. The van der Waals surface area contributed by atoms with Gasteiger partial charge in [0.2, 0.25) is 0 Å². The van der Waals surface area contributed by atoms with E-state index in [4.69, 9.17) is 61.3 Å². The minimum absolute atomic E-state index is 0. The molecule has 418 valence electrons. The molecule has 6 N–H and O–H groups in total. The number of rotatable bonds is 11. The first-order valence-corrected chi connectivity index (χ1v) is 28.5. The first kappa shape index (κ1) is 60.2. The van der Waals surface area contributed by atoms with Gasteiger partial charge >= 0.3 is 7.12 Å². The van der Waals surface area contributed by atoms with E-state index in [0.29, 0.717) is 39.5 Å². The van der Waals surface area contributed by atoms with Crippen LogP contribution in [0.1, 0.15) is 148 Å². The number of nitrogens with zero attached hydrogens (tertiary/aromatic N) is 12. The van der Waals surface area contributed by atoms with E-state index in [2.05, 4.69) is 79.0 Å². The number of aryl methyl sites for hydroxylation is 3. The van der Waals surface area contributed by atoms with E-state index in [1.807, 2.05) is 53.8 Å². The third kappa shape index (κ3) is 17.5. The van der Waals surface area contributed by atoms with Gasteiger partial charge in [0.25, 0.3) is 0 Å². The number of halogens is 3. The van der Waals surface area contributed by atoms with Crippen LogP contribution in [0.5, 0.6) is 0 Å². The highest BCUT2D eigenvalue weighted by atomic mass is 35.5. The van der Waals surface area contributed by atoms with Crippen LogP contribution in [0.15, 0.2) is 55.8 Å². The molecular formula is C56H83BCl3N15O2. The van der Waals surface area contributed by atoms with Crippen molar-refractivity contribution in [1.82, 2.24) is 59.2 Å². The Kier molecular flexibility index (Phi) is 21.3. The van der Waals surface area contributed by atoms with E-state index in [1.54, 1.807) is 12.4 Å². The first-order valence-electron chi connectivity index (χ1n) is 27.4. The molecule has 1 aliphatic heterocycles. The number of hydrogen-bond acceptors (Lipinski definition) is 14. The van der Waals surface area contributed by atoms with Crippen molar-refractivity contribution in [2.45, 2.75) is 180 Å². The van der Waals surface area contributed by atoms with E-state index in [0.717, 1.165) is 110 Å². The predicted molar refractivity (Wildman–Crippen MR) is 309 cm³/mol. The molecule has 5 saturated carbocycles. The second-order valence-corrected chi connectivity index (χ2v) is 24.1. The minimum atomic E-state index is -0.287. The Bertz CT molecular complexity index is 2750. The number of aromatic nitrogens is 12. The van der Waals surface area contributed by atoms with Gasteiger partial charge < -0.3 is 26.5 Å². The van der Waals surface area contributed by atoms with E-state index < -0.39 is 0 Å². The topological polar surface area (TPSA) is 227 Å². The highest BCUT2D eigenvalue weighted by Crippen LogP contribution is 2.39. The molecule has 6 aliphatic rings. The fourth-order valence-electron chi connectivity index (χ4n) is 9.80. The lowest BCUT2D eigenvalue weighted by molar-refractivity contribution is 0.00578. The summed E-state index contributed by atoms with van der Waals surface area (Å²) < 4.78 is 18.2. The van der Waals surface area contributed by atoms with Crippen molar-refractivity contribution in [1.29, 1.82) is 0 Å². The molecule has 0 amide bonds. The summed E-state index contributed by atoms with van der Waals surface area (Å²) in [6.45, 7) is 8.35. The van der Waals surface area contributed by atoms with Crippen molar-refractivity contribution in [2.75, 3.05) is 0 Å². The van der Waals surface area contributed by atoms with Crippen molar-refractivity contribution < 1.29 is 9.31 Å². The Morgan fingerprint density at radius 3 is 1.26 bits per heavy atom. The summed E-state index contributed by atoms with van der Waals surface area (Å²) in [6, 6.07) is 6.72. The van der Waals surface area contributed by atoms with Gasteiger partial charge in [0, 0.05) is 97.0 Å². The van der Waals surface area contributed by atoms with Gasteiger partial charge in [0.05, 0.1) is 35.0 Å². The molecule has 6 aromatic heterocycles. The average Bonchev–Trinajstić information content (AvgIpc) is 4.33. The molecule has 5 aliphatic carbocycles. The third-order valence-corrected chi connectivity index (χ3v) is 16.6. The van der Waals surface area contributed by atoms with Crippen molar-refractivity contribution >= 4 is 47.4 Å². The summed E-state index contributed by atoms with van der Waals surface area (Å²) in [5.41, 5.74) is 26.9. The number of nitrogens with two attached hydrogens (primary N) is 3. The van der Waals surface area contributed by atoms with Crippen molar-refractivity contribution in [2.24, 2.45) is 62.0 Å². The van der Waals surface area contributed by atoms with Gasteiger partial charge in [-0.15, -0.1) is 0 Å². The van der Waals surface area contributed by atoms with Crippen LogP contribution in [0.4, 0.5) is 0 Å². The second-order valence-electron chi connectivity index (χ2n) is 22.9. The largest absolute Gasteiger partial charge is 0.498 e. The Labute approximate surface area is 472 Å². The van der Waals surface area contributed by atoms with Crippen LogP contribution in [0.3, 0.4) is 0 Å². The minimum Gasteiger partial charge on any atom is -0.399 e. The Morgan fingerprint density at radius 2 is 0.831 bits per heavy atom. The van der Waals surface area contributed by atoms with Crippen LogP contribution in [0.25, 0.3) is 22.5 Å². The predicted octanol–water partition coefficient (Wildman–Crippen LogP) is 9.68. The lowest BCUT2D eigenvalue weighted by Gasteiger charge is -2.32. The van der Waals surface area contributed by atoms with Crippen LogP contribution in [0.2, 0.25) is 15.5 Å². The fraction of sp³-hybridized carbons (Fsp3) is 0.625. The van der Waals surface area contributed by atoms with Crippen molar-refractivity contribution in [3.05, 3.63) is 94.0 Å². The lowest BCUT2D eigenvalue weighted by atomic mass is 9.78. The van der Waals surface area contributed by atoms with Crippen molar-refractivity contribution in [3.8, 4) is 22.5 Å². The molecule has 77 heavy (non-hydrogen) atoms. The molecule has 1 saturated heterocycles. The normalized spacial score (nSPS) is 22.2. The molecule has 6 aromatic rings. The Morgan fingerprint density at radius 1 is 0.481 bits per heavy atom. The highest BCUT2D eigenvalue weighted by Gasteiger charge is 2.53. The molecule has 17 nitrogen and oxygen atoms in total. The van der Waals surface area contributed by atoms with Gasteiger partial charge in [-0.05, 0) is 173 Å². The van der Waals surface area contributed by atoms with Gasteiger partial charge in [0.1, 0.15) is 34.4 Å². The lowest BCUT2D eigenvalue weighted by Crippen LogP contribution is -2.41. The van der Waals surface area contributed by atoms with E-state index in [1.165, 1.54) is 92.7 Å². The molecule has 6 fully saturated rings. The molecule has 0 aromatic carbocycles. The summed E-state index contributed by atoms with van der Waals surface area (Å²) in [7, 11) is 5.73. The van der Waals surface area contributed by atoms with E-state index in [-0.39, 0.29) is 25.7 Å².